The molecule has 1 N–H and O–H groups in total. The van der Waals surface area contributed by atoms with Crippen LogP contribution < -0.4 is 10.1 Å². The molecule has 3 rings (SSSR count). The molecule has 8 heteroatoms. The number of anilines is 1. The summed E-state index contributed by atoms with van der Waals surface area (Å²) in [5, 5.41) is 22.3. The number of furan rings is 1. The first-order chi connectivity index (χ1) is 13.1. The summed E-state index contributed by atoms with van der Waals surface area (Å²) < 4.78 is 10.9. The van der Waals surface area contributed by atoms with Crippen LogP contribution >= 0.6 is 0 Å². The maximum Gasteiger partial charge on any atom is 0.291 e. The summed E-state index contributed by atoms with van der Waals surface area (Å²) >= 11 is 0. The Morgan fingerprint density at radius 2 is 1.89 bits per heavy atom. The number of nitriles is 1. The number of amides is 1. The van der Waals surface area contributed by atoms with E-state index in [0.717, 1.165) is 0 Å². The van der Waals surface area contributed by atoms with Crippen LogP contribution in [0.15, 0.2) is 65.1 Å². The van der Waals surface area contributed by atoms with E-state index in [9.17, 15) is 14.9 Å². The molecular formula is C19H13N3O5. The van der Waals surface area contributed by atoms with Crippen molar-refractivity contribution >= 4 is 17.3 Å². The van der Waals surface area contributed by atoms with Gasteiger partial charge in [-0.1, -0.05) is 12.1 Å². The van der Waals surface area contributed by atoms with Crippen LogP contribution in [0.3, 0.4) is 0 Å². The van der Waals surface area contributed by atoms with Gasteiger partial charge in [-0.2, -0.15) is 5.26 Å². The molecule has 0 radical (unpaired) electrons. The highest BCUT2D eigenvalue weighted by Gasteiger charge is 2.14. The van der Waals surface area contributed by atoms with Gasteiger partial charge in [0.1, 0.15) is 24.2 Å². The maximum absolute atomic E-state index is 12.3. The van der Waals surface area contributed by atoms with Gasteiger partial charge in [-0.15, -0.1) is 0 Å². The molecule has 0 unspecified atom stereocenters. The Kier molecular flexibility index (Phi) is 5.14. The molecule has 3 aromatic rings. The number of para-hydroxylation sites is 1. The molecule has 0 spiro atoms. The second-order valence-electron chi connectivity index (χ2n) is 5.42. The van der Waals surface area contributed by atoms with E-state index in [0.29, 0.717) is 22.8 Å². The van der Waals surface area contributed by atoms with Gasteiger partial charge in [0.25, 0.3) is 11.6 Å². The summed E-state index contributed by atoms with van der Waals surface area (Å²) in [4.78, 5) is 22.4. The lowest BCUT2D eigenvalue weighted by atomic mass is 10.2. The number of nitrogens with one attached hydrogen (secondary N) is 1. The minimum absolute atomic E-state index is 0.0306. The number of carbonyl (C=O) groups excluding carboxylic acids is 1. The fraction of sp³-hybridized carbons (Fsp3) is 0.0526. The van der Waals surface area contributed by atoms with Gasteiger partial charge in [0.2, 0.25) is 0 Å². The summed E-state index contributed by atoms with van der Waals surface area (Å²) in [5.74, 6) is 0.433. The van der Waals surface area contributed by atoms with Crippen molar-refractivity contribution in [2.75, 3.05) is 5.32 Å². The fourth-order valence-corrected chi connectivity index (χ4v) is 2.27. The van der Waals surface area contributed by atoms with Crippen molar-refractivity contribution in [1.82, 2.24) is 0 Å². The molecule has 0 saturated carbocycles. The van der Waals surface area contributed by atoms with Gasteiger partial charge in [-0.3, -0.25) is 14.9 Å². The lowest BCUT2D eigenvalue weighted by molar-refractivity contribution is -0.384. The van der Waals surface area contributed by atoms with Crippen LogP contribution in [0.1, 0.15) is 21.9 Å². The van der Waals surface area contributed by atoms with Crippen molar-refractivity contribution in [2.45, 2.75) is 6.61 Å². The number of nitro groups is 1. The summed E-state index contributed by atoms with van der Waals surface area (Å²) in [6.07, 6.45) is 0. The number of ether oxygens (including phenoxy) is 1. The minimum atomic E-state index is -0.494. The van der Waals surface area contributed by atoms with Crippen LogP contribution in [0.25, 0.3) is 0 Å². The van der Waals surface area contributed by atoms with E-state index in [1.54, 1.807) is 30.3 Å². The highest BCUT2D eigenvalue weighted by atomic mass is 16.6. The summed E-state index contributed by atoms with van der Waals surface area (Å²) in [5.41, 5.74) is 0.709. The van der Waals surface area contributed by atoms with E-state index in [4.69, 9.17) is 14.4 Å². The van der Waals surface area contributed by atoms with Crippen molar-refractivity contribution < 1.29 is 18.9 Å². The third-order valence-electron chi connectivity index (χ3n) is 3.61. The summed E-state index contributed by atoms with van der Waals surface area (Å²) in [6, 6.07) is 17.4. The number of hydrogen-bond donors (Lipinski definition) is 1. The Morgan fingerprint density at radius 1 is 1.15 bits per heavy atom. The molecule has 0 fully saturated rings. The predicted molar refractivity (Wildman–Crippen MR) is 95.2 cm³/mol. The van der Waals surface area contributed by atoms with E-state index < -0.39 is 10.8 Å². The third kappa shape index (κ3) is 4.29. The van der Waals surface area contributed by atoms with Crippen molar-refractivity contribution in [1.29, 1.82) is 5.26 Å². The molecule has 8 nitrogen and oxygen atoms in total. The molecule has 0 saturated heterocycles. The monoisotopic (exact) mass is 363 g/mol. The topological polar surface area (TPSA) is 118 Å². The number of benzene rings is 2. The fourth-order valence-electron chi connectivity index (χ4n) is 2.27. The van der Waals surface area contributed by atoms with Gasteiger partial charge in [0.05, 0.1) is 16.2 Å². The molecule has 0 bridgehead atoms. The highest BCUT2D eigenvalue weighted by molar-refractivity contribution is 6.03. The standard InChI is InChI=1S/C19H13N3O5/c20-11-13-3-1-2-4-17(13)21-19(23)18-10-9-16(27-18)12-26-15-7-5-14(6-8-15)22(24)25/h1-10H,12H2,(H,21,23). The van der Waals surface area contributed by atoms with Gasteiger partial charge >= 0.3 is 0 Å². The SMILES string of the molecule is N#Cc1ccccc1NC(=O)c1ccc(COc2ccc([N+](=O)[O-])cc2)o1. The number of nitro benzene ring substituents is 1. The minimum Gasteiger partial charge on any atom is -0.486 e. The molecule has 2 aromatic carbocycles. The zero-order valence-corrected chi connectivity index (χ0v) is 13.9. The van der Waals surface area contributed by atoms with Crippen molar-refractivity contribution in [3.8, 4) is 11.8 Å². The van der Waals surface area contributed by atoms with Gasteiger partial charge in [0, 0.05) is 12.1 Å². The Morgan fingerprint density at radius 3 is 2.59 bits per heavy atom. The third-order valence-corrected chi connectivity index (χ3v) is 3.61. The van der Waals surface area contributed by atoms with Gasteiger partial charge in [0.15, 0.2) is 5.76 Å². The highest BCUT2D eigenvalue weighted by Crippen LogP contribution is 2.20. The van der Waals surface area contributed by atoms with E-state index >= 15 is 0 Å². The molecule has 0 aliphatic heterocycles. The summed E-state index contributed by atoms with van der Waals surface area (Å²) in [7, 11) is 0. The maximum atomic E-state index is 12.3. The van der Waals surface area contributed by atoms with Crippen LogP contribution in [0.2, 0.25) is 0 Å². The quantitative estimate of drug-likeness (QED) is 0.524. The molecule has 1 heterocycles. The normalized spacial score (nSPS) is 10.0. The molecule has 27 heavy (non-hydrogen) atoms. The molecule has 134 valence electrons. The van der Waals surface area contributed by atoms with Gasteiger partial charge in [-0.25, -0.2) is 0 Å². The number of nitrogens with zero attached hydrogens (tertiary/aromatic N) is 2. The van der Waals surface area contributed by atoms with Crippen molar-refractivity contribution in [3.63, 3.8) is 0 Å². The Hall–Kier alpha value is -4.12. The first-order valence-corrected chi connectivity index (χ1v) is 7.83. The van der Waals surface area contributed by atoms with Gasteiger partial charge < -0.3 is 14.5 Å². The largest absolute Gasteiger partial charge is 0.486 e. The molecular weight excluding hydrogens is 350 g/mol. The predicted octanol–water partition coefficient (Wildman–Crippen LogP) is 3.89. The lowest BCUT2D eigenvalue weighted by Crippen LogP contribution is -2.11. The second kappa shape index (κ2) is 7.84. The average Bonchev–Trinajstić information content (AvgIpc) is 3.16. The van der Waals surface area contributed by atoms with Crippen LogP contribution in [0, 0.1) is 21.4 Å². The molecule has 1 aromatic heterocycles. The summed E-state index contributed by atoms with van der Waals surface area (Å²) in [6.45, 7) is 0.0554. The zero-order valence-electron chi connectivity index (χ0n) is 13.9. The van der Waals surface area contributed by atoms with Gasteiger partial charge in [-0.05, 0) is 36.4 Å². The van der Waals surface area contributed by atoms with Crippen LogP contribution in [-0.4, -0.2) is 10.8 Å². The molecule has 0 atom stereocenters. The number of non-ortho nitro benzene ring substituents is 1. The Balaban J connectivity index is 1.61. The van der Waals surface area contributed by atoms with Crippen LogP contribution in [0.5, 0.6) is 5.75 Å². The average molecular weight is 363 g/mol. The van der Waals surface area contributed by atoms with E-state index in [-0.39, 0.29) is 18.1 Å². The van der Waals surface area contributed by atoms with Crippen molar-refractivity contribution in [3.05, 3.63) is 87.9 Å². The first-order valence-electron chi connectivity index (χ1n) is 7.83. The zero-order chi connectivity index (χ0) is 19.2. The number of rotatable bonds is 6. The Bertz CT molecular complexity index is 1020. The number of hydrogen-bond acceptors (Lipinski definition) is 6. The van der Waals surface area contributed by atoms with E-state index in [1.807, 2.05) is 6.07 Å². The smallest absolute Gasteiger partial charge is 0.291 e. The van der Waals surface area contributed by atoms with Crippen LogP contribution in [-0.2, 0) is 6.61 Å². The lowest BCUT2D eigenvalue weighted by Gasteiger charge is -2.05. The van der Waals surface area contributed by atoms with E-state index in [1.165, 1.54) is 30.3 Å². The van der Waals surface area contributed by atoms with E-state index in [2.05, 4.69) is 5.32 Å². The molecule has 1 amide bonds. The Labute approximate surface area is 153 Å². The first kappa shape index (κ1) is 17.7. The van der Waals surface area contributed by atoms with Crippen molar-refractivity contribution in [2.24, 2.45) is 0 Å². The van der Waals surface area contributed by atoms with Crippen LogP contribution in [0.4, 0.5) is 11.4 Å². The molecule has 0 aliphatic rings. The second-order valence-corrected chi connectivity index (χ2v) is 5.42. The number of carbonyl (C=O) groups is 1. The molecule has 0 aliphatic carbocycles.